The molecule has 2 N–H and O–H groups in total. The predicted octanol–water partition coefficient (Wildman–Crippen LogP) is 5.67. The van der Waals surface area contributed by atoms with E-state index in [0.717, 1.165) is 40.4 Å². The first kappa shape index (κ1) is 18.5. The van der Waals surface area contributed by atoms with Gasteiger partial charge in [-0.2, -0.15) is 0 Å². The van der Waals surface area contributed by atoms with E-state index < -0.39 is 0 Å². The van der Waals surface area contributed by atoms with Gasteiger partial charge in [0.15, 0.2) is 5.78 Å². The molecule has 0 radical (unpaired) electrons. The molecule has 2 atom stereocenters. The Balaban J connectivity index is 1.57. The molecule has 30 heavy (non-hydrogen) atoms. The number of allylic oxidation sites excluding steroid dienone is 1. The molecular formula is C26H24N2O2. The third kappa shape index (κ3) is 3.35. The number of fused-ring (bicyclic) bond motifs is 1. The molecule has 0 saturated heterocycles. The van der Waals surface area contributed by atoms with Crippen molar-refractivity contribution in [2.75, 3.05) is 17.7 Å². The molecule has 0 amide bonds. The van der Waals surface area contributed by atoms with E-state index in [1.54, 1.807) is 7.11 Å². The zero-order valence-electron chi connectivity index (χ0n) is 16.9. The fourth-order valence-electron chi connectivity index (χ4n) is 4.50. The van der Waals surface area contributed by atoms with Gasteiger partial charge in [0.25, 0.3) is 0 Å². The van der Waals surface area contributed by atoms with Gasteiger partial charge in [0, 0.05) is 17.7 Å². The number of anilines is 2. The lowest BCUT2D eigenvalue weighted by atomic mass is 9.78. The minimum absolute atomic E-state index is 0.149. The normalized spacial score (nSPS) is 20.4. The molecule has 1 aliphatic carbocycles. The summed E-state index contributed by atoms with van der Waals surface area (Å²) in [6, 6.07) is 26.3. The van der Waals surface area contributed by atoms with Gasteiger partial charge in [-0.3, -0.25) is 4.79 Å². The van der Waals surface area contributed by atoms with Gasteiger partial charge in [-0.1, -0.05) is 54.6 Å². The van der Waals surface area contributed by atoms with E-state index in [2.05, 4.69) is 47.0 Å². The molecule has 2 aliphatic rings. The van der Waals surface area contributed by atoms with Crippen molar-refractivity contribution in [3.63, 3.8) is 0 Å². The number of nitrogens with one attached hydrogen (secondary N) is 2. The number of benzene rings is 3. The summed E-state index contributed by atoms with van der Waals surface area (Å²) in [7, 11) is 1.67. The third-order valence-corrected chi connectivity index (χ3v) is 6.03. The number of hydrogen-bond acceptors (Lipinski definition) is 4. The van der Waals surface area contributed by atoms with Crippen LogP contribution in [0.4, 0.5) is 11.4 Å². The average Bonchev–Trinajstić information content (AvgIpc) is 2.96. The Kier molecular flexibility index (Phi) is 4.75. The van der Waals surface area contributed by atoms with Gasteiger partial charge < -0.3 is 15.4 Å². The molecule has 0 spiro atoms. The quantitative estimate of drug-likeness (QED) is 0.598. The maximum absolute atomic E-state index is 13.5. The van der Waals surface area contributed by atoms with E-state index in [1.807, 2.05) is 42.5 Å². The highest BCUT2D eigenvalue weighted by Crippen LogP contribution is 2.44. The number of carbonyl (C=O) groups is 1. The summed E-state index contributed by atoms with van der Waals surface area (Å²) >= 11 is 0. The Bertz CT molecular complexity index is 1100. The summed E-state index contributed by atoms with van der Waals surface area (Å²) in [6.45, 7) is 0. The van der Waals surface area contributed by atoms with Crippen LogP contribution in [0.3, 0.4) is 0 Å². The molecule has 1 aliphatic heterocycles. The van der Waals surface area contributed by atoms with Crippen LogP contribution in [0.15, 0.2) is 90.1 Å². The molecule has 0 unspecified atom stereocenters. The Morgan fingerprint density at radius 2 is 1.50 bits per heavy atom. The number of Topliss-reactive ketones (excluding diaryl/α,β-unsaturated/α-hetero) is 1. The van der Waals surface area contributed by atoms with Gasteiger partial charge in [-0.25, -0.2) is 0 Å². The average molecular weight is 396 g/mol. The highest BCUT2D eigenvalue weighted by atomic mass is 16.5. The van der Waals surface area contributed by atoms with Gasteiger partial charge >= 0.3 is 0 Å². The molecule has 0 saturated carbocycles. The van der Waals surface area contributed by atoms with E-state index >= 15 is 0 Å². The fraction of sp³-hybridized carbons (Fsp3) is 0.192. The monoisotopic (exact) mass is 396 g/mol. The van der Waals surface area contributed by atoms with Crippen LogP contribution in [0.2, 0.25) is 0 Å². The van der Waals surface area contributed by atoms with Crippen LogP contribution >= 0.6 is 0 Å². The summed E-state index contributed by atoms with van der Waals surface area (Å²) in [5.41, 5.74) is 6.14. The number of ketones is 1. The van der Waals surface area contributed by atoms with E-state index in [9.17, 15) is 4.79 Å². The number of para-hydroxylation sites is 2. The summed E-state index contributed by atoms with van der Waals surface area (Å²) < 4.78 is 5.29. The summed E-state index contributed by atoms with van der Waals surface area (Å²) in [4.78, 5) is 13.5. The predicted molar refractivity (Wildman–Crippen MR) is 120 cm³/mol. The first-order valence-electron chi connectivity index (χ1n) is 10.3. The lowest BCUT2D eigenvalue weighted by molar-refractivity contribution is -0.116. The van der Waals surface area contributed by atoms with Gasteiger partial charge in [-0.15, -0.1) is 0 Å². The lowest BCUT2D eigenvalue weighted by Crippen LogP contribution is -2.26. The largest absolute Gasteiger partial charge is 0.497 e. The van der Waals surface area contributed by atoms with Crippen LogP contribution in [0.1, 0.15) is 35.9 Å². The van der Waals surface area contributed by atoms with Gasteiger partial charge in [0.2, 0.25) is 0 Å². The topological polar surface area (TPSA) is 50.4 Å². The van der Waals surface area contributed by atoms with Crippen molar-refractivity contribution in [3.8, 4) is 5.75 Å². The summed E-state index contributed by atoms with van der Waals surface area (Å²) in [6.07, 6.45) is 1.31. The van der Waals surface area contributed by atoms with Gasteiger partial charge in [0.05, 0.1) is 24.5 Å². The lowest BCUT2D eigenvalue weighted by Gasteiger charge is -2.30. The minimum Gasteiger partial charge on any atom is -0.497 e. The van der Waals surface area contributed by atoms with Crippen molar-refractivity contribution < 1.29 is 9.53 Å². The maximum Gasteiger partial charge on any atom is 0.163 e. The Morgan fingerprint density at radius 3 is 2.23 bits per heavy atom. The van der Waals surface area contributed by atoms with Crippen molar-refractivity contribution in [1.82, 2.24) is 0 Å². The number of hydrogen-bond donors (Lipinski definition) is 2. The van der Waals surface area contributed by atoms with Crippen LogP contribution < -0.4 is 15.4 Å². The van der Waals surface area contributed by atoms with Crippen LogP contribution in [-0.4, -0.2) is 12.9 Å². The molecular weight excluding hydrogens is 372 g/mol. The standard InChI is InChI=1S/C26H24N2O2/c1-30-20-13-11-17(12-14-20)19-15-23-25(24(29)16-19)26(18-7-3-2-4-8-18)28-22-10-6-5-9-21(22)27-23/h2-14,19,26-28H,15-16H2,1H3/t19-,26+/m1/s1. The second-order valence-corrected chi connectivity index (χ2v) is 7.85. The number of methoxy groups -OCH3 is 1. The van der Waals surface area contributed by atoms with Crippen LogP contribution in [0.25, 0.3) is 0 Å². The SMILES string of the molecule is COc1ccc([C@H]2CC(=O)C3=C(C2)Nc2ccccc2N[C@H]3c2ccccc2)cc1. The number of carbonyl (C=O) groups excluding carboxylic acids is 1. The summed E-state index contributed by atoms with van der Waals surface area (Å²) in [5, 5.41) is 7.20. The molecule has 0 fully saturated rings. The highest BCUT2D eigenvalue weighted by Gasteiger charge is 2.35. The Hall–Kier alpha value is -3.53. The first-order valence-corrected chi connectivity index (χ1v) is 10.3. The first-order chi connectivity index (χ1) is 14.7. The third-order valence-electron chi connectivity index (χ3n) is 6.03. The van der Waals surface area contributed by atoms with Crippen molar-refractivity contribution in [2.45, 2.75) is 24.8 Å². The van der Waals surface area contributed by atoms with E-state index in [-0.39, 0.29) is 17.7 Å². The van der Waals surface area contributed by atoms with E-state index in [1.165, 1.54) is 5.56 Å². The minimum atomic E-state index is -0.165. The molecule has 0 aromatic heterocycles. The van der Waals surface area contributed by atoms with Crippen LogP contribution in [0, 0.1) is 0 Å². The summed E-state index contributed by atoms with van der Waals surface area (Å²) in [5.74, 6) is 1.17. The second-order valence-electron chi connectivity index (χ2n) is 7.85. The van der Waals surface area contributed by atoms with Gasteiger partial charge in [0.1, 0.15) is 5.75 Å². The Labute approximate surface area is 176 Å². The molecule has 4 nitrogen and oxygen atoms in total. The van der Waals surface area contributed by atoms with Crippen LogP contribution in [0.5, 0.6) is 5.75 Å². The van der Waals surface area contributed by atoms with Crippen molar-refractivity contribution in [1.29, 1.82) is 0 Å². The van der Waals surface area contributed by atoms with E-state index in [4.69, 9.17) is 4.74 Å². The number of ether oxygens (including phenoxy) is 1. The fourth-order valence-corrected chi connectivity index (χ4v) is 4.50. The zero-order chi connectivity index (χ0) is 20.5. The maximum atomic E-state index is 13.5. The molecule has 0 bridgehead atoms. The number of rotatable bonds is 3. The smallest absolute Gasteiger partial charge is 0.163 e. The molecule has 4 heteroatoms. The van der Waals surface area contributed by atoms with Crippen LogP contribution in [-0.2, 0) is 4.79 Å². The second kappa shape index (κ2) is 7.71. The molecule has 5 rings (SSSR count). The molecule has 1 heterocycles. The van der Waals surface area contributed by atoms with Crippen molar-refractivity contribution in [2.24, 2.45) is 0 Å². The molecule has 150 valence electrons. The zero-order valence-corrected chi connectivity index (χ0v) is 16.9. The van der Waals surface area contributed by atoms with Crippen molar-refractivity contribution in [3.05, 3.63) is 101 Å². The highest BCUT2D eigenvalue weighted by molar-refractivity contribution is 6.01. The molecule has 3 aromatic carbocycles. The van der Waals surface area contributed by atoms with Crippen molar-refractivity contribution >= 4 is 17.2 Å². The molecule has 3 aromatic rings. The van der Waals surface area contributed by atoms with Gasteiger partial charge in [-0.05, 0) is 47.7 Å². The van der Waals surface area contributed by atoms with E-state index in [0.29, 0.717) is 6.42 Å². The Morgan fingerprint density at radius 1 is 0.800 bits per heavy atom.